The van der Waals surface area contributed by atoms with Crippen LogP contribution in [0.25, 0.3) is 0 Å². The van der Waals surface area contributed by atoms with Gasteiger partial charge in [0.1, 0.15) is 0 Å². The molecule has 2 amide bonds. The molecule has 0 fully saturated rings. The summed E-state index contributed by atoms with van der Waals surface area (Å²) >= 11 is 0. The van der Waals surface area contributed by atoms with Gasteiger partial charge in [-0.05, 0) is 60.9 Å². The largest absolute Gasteiger partial charge is 0.416 e. The van der Waals surface area contributed by atoms with E-state index in [0.717, 1.165) is 18.6 Å². The van der Waals surface area contributed by atoms with Crippen molar-refractivity contribution in [3.05, 3.63) is 95.6 Å². The number of aryl methyl sites for hydroxylation is 1. The lowest BCUT2D eigenvalue weighted by atomic mass is 10.1. The van der Waals surface area contributed by atoms with Crippen molar-refractivity contribution >= 4 is 23.2 Å². The van der Waals surface area contributed by atoms with Crippen LogP contribution in [0.4, 0.5) is 24.5 Å². The highest BCUT2D eigenvalue weighted by Gasteiger charge is 2.30. The van der Waals surface area contributed by atoms with E-state index in [4.69, 9.17) is 0 Å². The van der Waals surface area contributed by atoms with Gasteiger partial charge < -0.3 is 10.6 Å². The van der Waals surface area contributed by atoms with E-state index in [0.29, 0.717) is 18.5 Å². The molecule has 0 aliphatic rings. The zero-order valence-corrected chi connectivity index (χ0v) is 16.6. The monoisotopic (exact) mass is 426 g/mol. The van der Waals surface area contributed by atoms with Gasteiger partial charge in [-0.25, -0.2) is 0 Å². The standard InChI is InChI=1S/C24H21F3N2O2/c25-24(26,27)19-9-5-10-21(16-19)29-23(31)18-12-14-20(15-13-18)28-22(30)11-4-8-17-6-2-1-3-7-17/h1-3,5-7,9-10,12-16H,4,8,11H2,(H,28,30)(H,29,31). The Balaban J connectivity index is 1.51. The van der Waals surface area contributed by atoms with E-state index in [1.807, 2.05) is 30.3 Å². The Bertz CT molecular complexity index is 1030. The molecular formula is C24H21F3N2O2. The number of halogens is 3. The van der Waals surface area contributed by atoms with E-state index >= 15 is 0 Å². The lowest BCUT2D eigenvalue weighted by Crippen LogP contribution is -2.14. The van der Waals surface area contributed by atoms with Gasteiger partial charge in [0, 0.05) is 23.4 Å². The van der Waals surface area contributed by atoms with E-state index in [9.17, 15) is 22.8 Å². The molecule has 31 heavy (non-hydrogen) atoms. The summed E-state index contributed by atoms with van der Waals surface area (Å²) in [5, 5.41) is 5.22. The minimum absolute atomic E-state index is 0.0515. The molecule has 0 heterocycles. The van der Waals surface area contributed by atoms with Crippen molar-refractivity contribution in [2.75, 3.05) is 10.6 Å². The fraction of sp³-hybridized carbons (Fsp3) is 0.167. The highest BCUT2D eigenvalue weighted by atomic mass is 19.4. The normalized spacial score (nSPS) is 11.1. The topological polar surface area (TPSA) is 58.2 Å². The summed E-state index contributed by atoms with van der Waals surface area (Å²) in [5.74, 6) is -0.669. The summed E-state index contributed by atoms with van der Waals surface area (Å²) in [6.07, 6.45) is -2.59. The molecule has 0 aromatic heterocycles. The molecule has 7 heteroatoms. The number of hydrogen-bond acceptors (Lipinski definition) is 2. The van der Waals surface area contributed by atoms with Gasteiger partial charge in [0.05, 0.1) is 5.56 Å². The minimum Gasteiger partial charge on any atom is -0.326 e. The predicted molar refractivity (Wildman–Crippen MR) is 114 cm³/mol. The Morgan fingerprint density at radius 1 is 0.774 bits per heavy atom. The van der Waals surface area contributed by atoms with Gasteiger partial charge in [-0.3, -0.25) is 9.59 Å². The minimum atomic E-state index is -4.48. The molecule has 0 saturated carbocycles. The number of nitrogens with one attached hydrogen (secondary N) is 2. The number of amides is 2. The number of carbonyl (C=O) groups is 2. The summed E-state index contributed by atoms with van der Waals surface area (Å²) in [5.41, 5.74) is 1.19. The first-order valence-electron chi connectivity index (χ1n) is 9.74. The number of alkyl halides is 3. The summed E-state index contributed by atoms with van der Waals surface area (Å²) in [7, 11) is 0. The van der Waals surface area contributed by atoms with Gasteiger partial charge in [0.25, 0.3) is 5.91 Å². The van der Waals surface area contributed by atoms with Crippen molar-refractivity contribution in [2.45, 2.75) is 25.4 Å². The van der Waals surface area contributed by atoms with Crippen LogP contribution >= 0.6 is 0 Å². The second kappa shape index (κ2) is 9.93. The zero-order chi connectivity index (χ0) is 22.3. The van der Waals surface area contributed by atoms with Crippen molar-refractivity contribution in [3.63, 3.8) is 0 Å². The van der Waals surface area contributed by atoms with Crippen LogP contribution in [0.2, 0.25) is 0 Å². The van der Waals surface area contributed by atoms with Crippen molar-refractivity contribution in [1.29, 1.82) is 0 Å². The van der Waals surface area contributed by atoms with Crippen LogP contribution in [-0.4, -0.2) is 11.8 Å². The summed E-state index contributed by atoms with van der Waals surface area (Å²) < 4.78 is 38.4. The van der Waals surface area contributed by atoms with Crippen LogP contribution in [0.5, 0.6) is 0 Å². The molecule has 0 spiro atoms. The number of rotatable bonds is 7. The van der Waals surface area contributed by atoms with Crippen LogP contribution in [-0.2, 0) is 17.4 Å². The molecular weight excluding hydrogens is 405 g/mol. The van der Waals surface area contributed by atoms with Crippen LogP contribution in [0.1, 0.15) is 34.3 Å². The first-order chi connectivity index (χ1) is 14.8. The van der Waals surface area contributed by atoms with Gasteiger partial charge in [-0.2, -0.15) is 13.2 Å². The Labute approximate surface area is 178 Å². The molecule has 0 unspecified atom stereocenters. The van der Waals surface area contributed by atoms with Gasteiger partial charge in [0.2, 0.25) is 5.91 Å². The summed E-state index contributed by atoms with van der Waals surface area (Å²) in [6, 6.07) is 20.5. The third-order valence-corrected chi connectivity index (χ3v) is 4.59. The molecule has 3 aromatic rings. The molecule has 0 bridgehead atoms. The van der Waals surface area contributed by atoms with Crippen molar-refractivity contribution < 1.29 is 22.8 Å². The van der Waals surface area contributed by atoms with Crippen LogP contribution in [0.15, 0.2) is 78.9 Å². The van der Waals surface area contributed by atoms with Gasteiger partial charge in [-0.15, -0.1) is 0 Å². The maximum atomic E-state index is 12.8. The molecule has 0 aliphatic heterocycles. The highest BCUT2D eigenvalue weighted by Crippen LogP contribution is 2.30. The van der Waals surface area contributed by atoms with Crippen molar-refractivity contribution in [1.82, 2.24) is 0 Å². The average Bonchev–Trinajstić information content (AvgIpc) is 2.74. The van der Waals surface area contributed by atoms with Gasteiger partial charge in [-0.1, -0.05) is 36.4 Å². The molecule has 2 N–H and O–H groups in total. The number of hydrogen-bond donors (Lipinski definition) is 2. The third-order valence-electron chi connectivity index (χ3n) is 4.59. The Morgan fingerprint density at radius 3 is 2.16 bits per heavy atom. The Hall–Kier alpha value is -3.61. The maximum absolute atomic E-state index is 12.8. The summed E-state index contributed by atoms with van der Waals surface area (Å²) in [4.78, 5) is 24.4. The van der Waals surface area contributed by atoms with E-state index in [-0.39, 0.29) is 17.2 Å². The van der Waals surface area contributed by atoms with Crippen LogP contribution in [0, 0.1) is 0 Å². The van der Waals surface area contributed by atoms with Crippen LogP contribution in [0.3, 0.4) is 0 Å². The van der Waals surface area contributed by atoms with E-state index < -0.39 is 17.6 Å². The molecule has 4 nitrogen and oxygen atoms in total. The summed E-state index contributed by atoms with van der Waals surface area (Å²) in [6.45, 7) is 0. The molecule has 0 saturated heterocycles. The SMILES string of the molecule is O=C(CCCc1ccccc1)Nc1ccc(C(=O)Nc2cccc(C(F)(F)F)c2)cc1. The zero-order valence-electron chi connectivity index (χ0n) is 16.6. The molecule has 3 rings (SSSR count). The lowest BCUT2D eigenvalue weighted by molar-refractivity contribution is -0.137. The average molecular weight is 426 g/mol. The maximum Gasteiger partial charge on any atom is 0.416 e. The van der Waals surface area contributed by atoms with E-state index in [2.05, 4.69) is 10.6 Å². The fourth-order valence-corrected chi connectivity index (χ4v) is 3.00. The number of anilines is 2. The predicted octanol–water partition coefficient (Wildman–Crippen LogP) is 5.92. The second-order valence-electron chi connectivity index (χ2n) is 7.00. The number of carbonyl (C=O) groups excluding carboxylic acids is 2. The molecule has 3 aromatic carbocycles. The molecule has 0 radical (unpaired) electrons. The molecule has 0 aliphatic carbocycles. The fourth-order valence-electron chi connectivity index (χ4n) is 3.00. The first-order valence-corrected chi connectivity index (χ1v) is 9.74. The van der Waals surface area contributed by atoms with E-state index in [1.165, 1.54) is 29.8 Å². The Kier molecular flexibility index (Phi) is 7.07. The first kappa shape index (κ1) is 22.1. The van der Waals surface area contributed by atoms with E-state index in [1.54, 1.807) is 12.1 Å². The van der Waals surface area contributed by atoms with Gasteiger partial charge in [0.15, 0.2) is 0 Å². The third kappa shape index (κ3) is 6.70. The van der Waals surface area contributed by atoms with Crippen molar-refractivity contribution in [2.24, 2.45) is 0 Å². The highest BCUT2D eigenvalue weighted by molar-refractivity contribution is 6.04. The molecule has 0 atom stereocenters. The lowest BCUT2D eigenvalue weighted by Gasteiger charge is -2.10. The smallest absolute Gasteiger partial charge is 0.326 e. The quantitative estimate of drug-likeness (QED) is 0.493. The number of benzene rings is 3. The second-order valence-corrected chi connectivity index (χ2v) is 7.00. The Morgan fingerprint density at radius 2 is 1.48 bits per heavy atom. The van der Waals surface area contributed by atoms with Gasteiger partial charge >= 0.3 is 6.18 Å². The molecule has 160 valence electrons. The van der Waals surface area contributed by atoms with Crippen molar-refractivity contribution in [3.8, 4) is 0 Å². The van der Waals surface area contributed by atoms with Crippen LogP contribution < -0.4 is 10.6 Å².